The third-order valence-corrected chi connectivity index (χ3v) is 4.12. The molecule has 0 amide bonds. The van der Waals surface area contributed by atoms with Crippen LogP contribution in [0.4, 0.5) is 4.39 Å². The summed E-state index contributed by atoms with van der Waals surface area (Å²) in [6, 6.07) is 6.45. The molecule has 2 aromatic rings. The highest BCUT2D eigenvalue weighted by Gasteiger charge is 2.25. The van der Waals surface area contributed by atoms with Gasteiger partial charge in [0, 0.05) is 31.9 Å². The third kappa shape index (κ3) is 5.41. The summed E-state index contributed by atoms with van der Waals surface area (Å²) >= 11 is 0. The van der Waals surface area contributed by atoms with Crippen molar-refractivity contribution in [3.05, 3.63) is 53.6 Å². The van der Waals surface area contributed by atoms with Gasteiger partial charge in [0.15, 0.2) is 5.96 Å². The number of halogens is 2. The molecule has 1 aromatic heterocycles. The van der Waals surface area contributed by atoms with Crippen LogP contribution in [0.1, 0.15) is 24.2 Å². The van der Waals surface area contributed by atoms with Gasteiger partial charge in [-0.05, 0) is 24.6 Å². The Morgan fingerprint density at radius 1 is 1.38 bits per heavy atom. The molecule has 0 saturated carbocycles. The molecule has 0 radical (unpaired) electrons. The van der Waals surface area contributed by atoms with Crippen molar-refractivity contribution in [1.29, 1.82) is 0 Å². The molecule has 1 aromatic carbocycles. The Kier molecular flexibility index (Phi) is 7.83. The monoisotopic (exact) mass is 473 g/mol. The van der Waals surface area contributed by atoms with Crippen LogP contribution in [-0.2, 0) is 18.3 Å². The largest absolute Gasteiger partial charge is 0.370 e. The van der Waals surface area contributed by atoms with E-state index < -0.39 is 0 Å². The first-order chi connectivity index (χ1) is 12.2. The third-order valence-electron chi connectivity index (χ3n) is 4.12. The van der Waals surface area contributed by atoms with Gasteiger partial charge in [0.1, 0.15) is 11.9 Å². The van der Waals surface area contributed by atoms with Gasteiger partial charge in [0.05, 0.1) is 25.9 Å². The molecule has 142 valence electrons. The minimum atomic E-state index is -0.230. The number of morpholine rings is 1. The van der Waals surface area contributed by atoms with Crippen molar-refractivity contribution in [2.45, 2.75) is 19.6 Å². The minimum Gasteiger partial charge on any atom is -0.370 e. The Bertz CT molecular complexity index is 719. The highest BCUT2D eigenvalue weighted by molar-refractivity contribution is 14.0. The fraction of sp³-hybridized carbons (Fsp3) is 0.444. The maximum Gasteiger partial charge on any atom is 0.194 e. The molecule has 2 heterocycles. The van der Waals surface area contributed by atoms with Crippen LogP contribution in [0, 0.1) is 5.82 Å². The van der Waals surface area contributed by atoms with E-state index in [1.165, 1.54) is 12.1 Å². The van der Waals surface area contributed by atoms with Crippen LogP contribution in [0.5, 0.6) is 0 Å². The van der Waals surface area contributed by atoms with E-state index in [1.54, 1.807) is 16.8 Å². The van der Waals surface area contributed by atoms with E-state index in [0.29, 0.717) is 13.2 Å². The second-order valence-electron chi connectivity index (χ2n) is 6.05. The lowest BCUT2D eigenvalue weighted by atomic mass is 10.1. The summed E-state index contributed by atoms with van der Waals surface area (Å²) in [5.74, 6) is 0.621. The van der Waals surface area contributed by atoms with E-state index in [9.17, 15) is 4.39 Å². The first-order valence-electron chi connectivity index (χ1n) is 8.53. The molecule has 0 bridgehead atoms. The molecule has 1 N–H and O–H groups in total. The first-order valence-corrected chi connectivity index (χ1v) is 8.53. The lowest BCUT2D eigenvalue weighted by Gasteiger charge is -2.34. The Morgan fingerprint density at radius 3 is 2.81 bits per heavy atom. The summed E-state index contributed by atoms with van der Waals surface area (Å²) in [4.78, 5) is 6.91. The maximum atomic E-state index is 13.0. The standard InChI is InChI=1S/C18H24FN5O.HI/c1-3-20-18(21-10-14-4-6-16(19)7-5-14)24-8-9-25-17(13-24)15-11-22-23(2)12-15;/h4-7,11-12,17H,3,8-10,13H2,1-2H3,(H,20,21);1H. The predicted molar refractivity (Wildman–Crippen MR) is 110 cm³/mol. The zero-order chi connectivity index (χ0) is 17.6. The second kappa shape index (κ2) is 9.86. The number of aromatic nitrogens is 2. The summed E-state index contributed by atoms with van der Waals surface area (Å²) in [5.41, 5.74) is 2.05. The van der Waals surface area contributed by atoms with Crippen molar-refractivity contribution in [3.8, 4) is 0 Å². The molecule has 3 rings (SSSR count). The SMILES string of the molecule is CCNC(=NCc1ccc(F)cc1)N1CCOC(c2cnn(C)c2)C1.I. The topological polar surface area (TPSA) is 54.7 Å². The Labute approximate surface area is 170 Å². The molecule has 1 aliphatic rings. The molecule has 0 aliphatic carbocycles. The maximum absolute atomic E-state index is 13.0. The highest BCUT2D eigenvalue weighted by Crippen LogP contribution is 2.21. The smallest absolute Gasteiger partial charge is 0.194 e. The second-order valence-corrected chi connectivity index (χ2v) is 6.05. The Balaban J connectivity index is 0.00000243. The van der Waals surface area contributed by atoms with Gasteiger partial charge in [-0.15, -0.1) is 24.0 Å². The van der Waals surface area contributed by atoms with Crippen LogP contribution < -0.4 is 5.32 Å². The molecule has 1 atom stereocenters. The van der Waals surface area contributed by atoms with Crippen LogP contribution in [0.15, 0.2) is 41.7 Å². The molecular weight excluding hydrogens is 448 g/mol. The molecule has 1 fully saturated rings. The van der Waals surface area contributed by atoms with E-state index in [-0.39, 0.29) is 35.9 Å². The summed E-state index contributed by atoms with van der Waals surface area (Å²) in [6.45, 7) is 5.49. The number of hydrogen-bond acceptors (Lipinski definition) is 3. The van der Waals surface area contributed by atoms with Crippen molar-refractivity contribution in [3.63, 3.8) is 0 Å². The van der Waals surface area contributed by atoms with Crippen molar-refractivity contribution in [2.24, 2.45) is 12.0 Å². The van der Waals surface area contributed by atoms with Crippen LogP contribution in [0.2, 0.25) is 0 Å². The number of ether oxygens (including phenoxy) is 1. The molecule has 1 aliphatic heterocycles. The molecule has 8 heteroatoms. The van der Waals surface area contributed by atoms with Crippen molar-refractivity contribution >= 4 is 29.9 Å². The zero-order valence-electron chi connectivity index (χ0n) is 15.1. The quantitative estimate of drug-likeness (QED) is 0.422. The molecule has 1 unspecified atom stereocenters. The van der Waals surface area contributed by atoms with E-state index in [1.807, 2.05) is 26.4 Å². The molecule has 0 spiro atoms. The van der Waals surface area contributed by atoms with Crippen LogP contribution in [-0.4, -0.2) is 46.9 Å². The molecular formula is C18H25FIN5O. The number of hydrogen-bond donors (Lipinski definition) is 1. The van der Waals surface area contributed by atoms with Crippen LogP contribution in [0.3, 0.4) is 0 Å². The number of rotatable bonds is 4. The summed E-state index contributed by atoms with van der Waals surface area (Å²) in [6.07, 6.45) is 3.81. The lowest BCUT2D eigenvalue weighted by Crippen LogP contribution is -2.48. The van der Waals surface area contributed by atoms with Gasteiger partial charge in [0.25, 0.3) is 0 Å². The zero-order valence-corrected chi connectivity index (χ0v) is 17.4. The Morgan fingerprint density at radius 2 is 2.15 bits per heavy atom. The molecule has 26 heavy (non-hydrogen) atoms. The van der Waals surface area contributed by atoms with Crippen LogP contribution >= 0.6 is 24.0 Å². The van der Waals surface area contributed by atoms with Crippen molar-refractivity contribution in [1.82, 2.24) is 20.0 Å². The Hall–Kier alpha value is -1.68. The van der Waals surface area contributed by atoms with E-state index in [2.05, 4.69) is 15.3 Å². The van der Waals surface area contributed by atoms with Crippen LogP contribution in [0.25, 0.3) is 0 Å². The molecule has 1 saturated heterocycles. The van der Waals surface area contributed by atoms with Crippen molar-refractivity contribution < 1.29 is 9.13 Å². The highest BCUT2D eigenvalue weighted by atomic mass is 127. The lowest BCUT2D eigenvalue weighted by molar-refractivity contribution is -0.00805. The minimum absolute atomic E-state index is 0. The van der Waals surface area contributed by atoms with Gasteiger partial charge < -0.3 is 15.0 Å². The van der Waals surface area contributed by atoms with E-state index in [0.717, 1.165) is 36.7 Å². The fourth-order valence-corrected chi connectivity index (χ4v) is 2.83. The average molecular weight is 473 g/mol. The summed E-state index contributed by atoms with van der Waals surface area (Å²) in [7, 11) is 1.90. The summed E-state index contributed by atoms with van der Waals surface area (Å²) < 4.78 is 20.7. The number of guanidine groups is 1. The fourth-order valence-electron chi connectivity index (χ4n) is 2.83. The number of nitrogens with zero attached hydrogens (tertiary/aromatic N) is 4. The van der Waals surface area contributed by atoms with Gasteiger partial charge in [-0.3, -0.25) is 4.68 Å². The van der Waals surface area contributed by atoms with E-state index in [4.69, 9.17) is 9.73 Å². The predicted octanol–water partition coefficient (Wildman–Crippen LogP) is 2.72. The molecule has 6 nitrogen and oxygen atoms in total. The van der Waals surface area contributed by atoms with Gasteiger partial charge >= 0.3 is 0 Å². The number of aryl methyl sites for hydroxylation is 1. The van der Waals surface area contributed by atoms with E-state index >= 15 is 0 Å². The van der Waals surface area contributed by atoms with Gasteiger partial charge in [0.2, 0.25) is 0 Å². The number of aliphatic imine (C=N–C) groups is 1. The van der Waals surface area contributed by atoms with Gasteiger partial charge in [-0.2, -0.15) is 5.10 Å². The van der Waals surface area contributed by atoms with Crippen molar-refractivity contribution in [2.75, 3.05) is 26.2 Å². The summed E-state index contributed by atoms with van der Waals surface area (Å²) in [5, 5.41) is 7.56. The van der Waals surface area contributed by atoms with Gasteiger partial charge in [-0.1, -0.05) is 12.1 Å². The van der Waals surface area contributed by atoms with Gasteiger partial charge in [-0.25, -0.2) is 9.38 Å². The normalized spacial score (nSPS) is 17.7. The first kappa shape index (κ1) is 20.6. The average Bonchev–Trinajstić information content (AvgIpc) is 3.07. The number of nitrogens with one attached hydrogen (secondary N) is 1. The number of benzene rings is 1.